The minimum Gasteiger partial charge on any atom is -0.480 e. The first-order valence-electron chi connectivity index (χ1n) is 7.04. The molecule has 5 nitrogen and oxygen atoms in total. The zero-order valence-corrected chi connectivity index (χ0v) is 12.4. The van der Waals surface area contributed by atoms with E-state index in [1.54, 1.807) is 6.07 Å². The summed E-state index contributed by atoms with van der Waals surface area (Å²) in [6.07, 6.45) is 3.60. The Bertz CT molecular complexity index is 476. The van der Waals surface area contributed by atoms with E-state index in [1.807, 2.05) is 6.07 Å². The number of nitrogens with zero attached hydrogens (tertiary/aromatic N) is 2. The molecule has 0 bridgehead atoms. The van der Waals surface area contributed by atoms with Gasteiger partial charge in [0.2, 0.25) is 5.88 Å². The second kappa shape index (κ2) is 6.59. The second-order valence-corrected chi connectivity index (χ2v) is 5.24. The van der Waals surface area contributed by atoms with Crippen molar-refractivity contribution in [3.8, 4) is 5.88 Å². The number of esters is 1. The van der Waals surface area contributed by atoms with Crippen LogP contribution in [0.5, 0.6) is 5.88 Å². The van der Waals surface area contributed by atoms with Crippen LogP contribution in [0.3, 0.4) is 0 Å². The van der Waals surface area contributed by atoms with Crippen molar-refractivity contribution in [2.45, 2.75) is 26.2 Å². The summed E-state index contributed by atoms with van der Waals surface area (Å²) in [4.78, 5) is 18.3. The van der Waals surface area contributed by atoms with Crippen molar-refractivity contribution < 1.29 is 14.3 Å². The van der Waals surface area contributed by atoms with E-state index in [0.29, 0.717) is 11.4 Å². The first-order valence-corrected chi connectivity index (χ1v) is 7.04. The summed E-state index contributed by atoms with van der Waals surface area (Å²) in [6.45, 7) is 4.28. The molecule has 1 aromatic rings. The highest BCUT2D eigenvalue weighted by atomic mass is 16.5. The van der Waals surface area contributed by atoms with Gasteiger partial charge in [0.1, 0.15) is 11.4 Å². The van der Waals surface area contributed by atoms with Gasteiger partial charge < -0.3 is 14.4 Å². The van der Waals surface area contributed by atoms with Crippen molar-refractivity contribution in [1.29, 1.82) is 0 Å². The highest BCUT2D eigenvalue weighted by Crippen LogP contribution is 2.25. The standard InChI is InChI=1S/C15H22N2O3/c1-11-5-4-9-17(10-8-11)13-7-6-12(15(18)20-3)14(16-13)19-2/h6-7,11H,4-5,8-10H2,1-3H3. The predicted octanol–water partition coefficient (Wildman–Crippen LogP) is 2.50. The molecule has 0 radical (unpaired) electrons. The molecule has 1 atom stereocenters. The van der Waals surface area contributed by atoms with E-state index in [-0.39, 0.29) is 0 Å². The van der Waals surface area contributed by atoms with Gasteiger partial charge in [-0.2, -0.15) is 4.98 Å². The first-order chi connectivity index (χ1) is 9.65. The molecule has 1 aromatic heterocycles. The number of carbonyl (C=O) groups is 1. The Morgan fingerprint density at radius 2 is 2.10 bits per heavy atom. The van der Waals surface area contributed by atoms with Crippen LogP contribution in [0.25, 0.3) is 0 Å². The quantitative estimate of drug-likeness (QED) is 0.795. The molecule has 0 N–H and O–H groups in total. The summed E-state index contributed by atoms with van der Waals surface area (Å²) < 4.78 is 9.94. The van der Waals surface area contributed by atoms with Crippen LogP contribution in [0, 0.1) is 5.92 Å². The maximum Gasteiger partial charge on any atom is 0.343 e. The molecule has 1 unspecified atom stereocenters. The fourth-order valence-corrected chi connectivity index (χ4v) is 2.52. The van der Waals surface area contributed by atoms with Crippen molar-refractivity contribution in [2.75, 3.05) is 32.2 Å². The smallest absolute Gasteiger partial charge is 0.343 e. The number of pyridine rings is 1. The Labute approximate surface area is 119 Å². The average molecular weight is 278 g/mol. The summed E-state index contributed by atoms with van der Waals surface area (Å²) in [5.74, 6) is 1.52. The van der Waals surface area contributed by atoms with Crippen LogP contribution in [0.4, 0.5) is 5.82 Å². The Balaban J connectivity index is 2.22. The van der Waals surface area contributed by atoms with Crippen molar-refractivity contribution >= 4 is 11.8 Å². The van der Waals surface area contributed by atoms with E-state index in [4.69, 9.17) is 9.47 Å². The van der Waals surface area contributed by atoms with Crippen LogP contribution in [-0.4, -0.2) is 38.3 Å². The van der Waals surface area contributed by atoms with E-state index in [2.05, 4.69) is 16.8 Å². The van der Waals surface area contributed by atoms with Gasteiger partial charge in [0.05, 0.1) is 14.2 Å². The van der Waals surface area contributed by atoms with E-state index in [1.165, 1.54) is 33.5 Å². The van der Waals surface area contributed by atoms with Gasteiger partial charge in [0.15, 0.2) is 0 Å². The van der Waals surface area contributed by atoms with Gasteiger partial charge in [-0.3, -0.25) is 0 Å². The van der Waals surface area contributed by atoms with E-state index < -0.39 is 5.97 Å². The van der Waals surface area contributed by atoms with Crippen LogP contribution in [-0.2, 0) is 4.74 Å². The minimum absolute atomic E-state index is 0.326. The molecule has 0 aromatic carbocycles. The average Bonchev–Trinajstić information content (AvgIpc) is 2.70. The summed E-state index contributed by atoms with van der Waals surface area (Å²) in [5.41, 5.74) is 0.363. The molecule has 5 heteroatoms. The van der Waals surface area contributed by atoms with Crippen molar-refractivity contribution in [3.05, 3.63) is 17.7 Å². The Kier molecular flexibility index (Phi) is 4.82. The lowest BCUT2D eigenvalue weighted by Crippen LogP contribution is -2.25. The highest BCUT2D eigenvalue weighted by molar-refractivity contribution is 5.92. The lowest BCUT2D eigenvalue weighted by Gasteiger charge is -2.22. The van der Waals surface area contributed by atoms with Crippen LogP contribution in [0.2, 0.25) is 0 Å². The lowest BCUT2D eigenvalue weighted by atomic mass is 10.0. The maximum absolute atomic E-state index is 11.6. The summed E-state index contributed by atoms with van der Waals surface area (Å²) in [5, 5.41) is 0. The molecule has 110 valence electrons. The van der Waals surface area contributed by atoms with Crippen LogP contribution >= 0.6 is 0 Å². The molecule has 0 amide bonds. The number of hydrogen-bond acceptors (Lipinski definition) is 5. The van der Waals surface area contributed by atoms with Gasteiger partial charge in [0.25, 0.3) is 0 Å². The third-order valence-electron chi connectivity index (χ3n) is 3.78. The summed E-state index contributed by atoms with van der Waals surface area (Å²) >= 11 is 0. The zero-order valence-electron chi connectivity index (χ0n) is 12.4. The normalized spacial score (nSPS) is 19.4. The Morgan fingerprint density at radius 3 is 2.80 bits per heavy atom. The number of carbonyl (C=O) groups excluding carboxylic acids is 1. The summed E-state index contributed by atoms with van der Waals surface area (Å²) in [6, 6.07) is 3.59. The third-order valence-corrected chi connectivity index (χ3v) is 3.78. The van der Waals surface area contributed by atoms with Gasteiger partial charge in [-0.15, -0.1) is 0 Å². The van der Waals surface area contributed by atoms with Gasteiger partial charge in [0, 0.05) is 13.1 Å². The van der Waals surface area contributed by atoms with Crippen LogP contribution in [0.15, 0.2) is 12.1 Å². The molecule has 1 aliphatic rings. The number of rotatable bonds is 3. The lowest BCUT2D eigenvalue weighted by molar-refractivity contribution is 0.0596. The summed E-state index contributed by atoms with van der Waals surface area (Å²) in [7, 11) is 2.87. The second-order valence-electron chi connectivity index (χ2n) is 5.24. The van der Waals surface area contributed by atoms with Crippen molar-refractivity contribution in [2.24, 2.45) is 5.92 Å². The fraction of sp³-hybridized carbons (Fsp3) is 0.600. The molecular formula is C15H22N2O3. The highest BCUT2D eigenvalue weighted by Gasteiger charge is 2.19. The van der Waals surface area contributed by atoms with Gasteiger partial charge >= 0.3 is 5.97 Å². The molecule has 1 fully saturated rings. The van der Waals surface area contributed by atoms with Gasteiger partial charge in [-0.05, 0) is 37.3 Å². The van der Waals surface area contributed by atoms with Crippen LogP contribution in [0.1, 0.15) is 36.5 Å². The van der Waals surface area contributed by atoms with Crippen molar-refractivity contribution in [3.63, 3.8) is 0 Å². The molecule has 20 heavy (non-hydrogen) atoms. The molecule has 1 aliphatic heterocycles. The topological polar surface area (TPSA) is 51.7 Å². The number of anilines is 1. The Hall–Kier alpha value is -1.78. The number of hydrogen-bond donors (Lipinski definition) is 0. The number of aromatic nitrogens is 1. The van der Waals surface area contributed by atoms with E-state index in [9.17, 15) is 4.79 Å². The number of ether oxygens (including phenoxy) is 2. The van der Waals surface area contributed by atoms with E-state index in [0.717, 1.165) is 24.8 Å². The van der Waals surface area contributed by atoms with Gasteiger partial charge in [-0.1, -0.05) is 6.92 Å². The predicted molar refractivity (Wildman–Crippen MR) is 77.4 cm³/mol. The van der Waals surface area contributed by atoms with Gasteiger partial charge in [-0.25, -0.2) is 4.79 Å². The van der Waals surface area contributed by atoms with Crippen LogP contribution < -0.4 is 9.64 Å². The molecular weight excluding hydrogens is 256 g/mol. The molecule has 2 heterocycles. The minimum atomic E-state index is -0.426. The molecule has 0 spiro atoms. The number of methoxy groups -OCH3 is 2. The largest absolute Gasteiger partial charge is 0.480 e. The fourth-order valence-electron chi connectivity index (χ4n) is 2.52. The first kappa shape index (κ1) is 14.6. The zero-order chi connectivity index (χ0) is 14.5. The monoisotopic (exact) mass is 278 g/mol. The third kappa shape index (κ3) is 3.21. The SMILES string of the molecule is COC(=O)c1ccc(N2CCCC(C)CC2)nc1OC. The van der Waals surface area contributed by atoms with E-state index >= 15 is 0 Å². The van der Waals surface area contributed by atoms with Crippen molar-refractivity contribution in [1.82, 2.24) is 4.98 Å². The molecule has 2 rings (SSSR count). The molecule has 0 aliphatic carbocycles. The molecule has 0 saturated carbocycles. The maximum atomic E-state index is 11.6. The Morgan fingerprint density at radius 1 is 1.30 bits per heavy atom. The molecule has 1 saturated heterocycles.